The summed E-state index contributed by atoms with van der Waals surface area (Å²) in [6.07, 6.45) is 4.21. The van der Waals surface area contributed by atoms with Gasteiger partial charge in [-0.25, -0.2) is 4.98 Å². The average Bonchev–Trinajstić information content (AvgIpc) is 2.72. The van der Waals surface area contributed by atoms with Gasteiger partial charge in [-0.1, -0.05) is 6.92 Å². The summed E-state index contributed by atoms with van der Waals surface area (Å²) in [7, 11) is 0. The Morgan fingerprint density at radius 2 is 2.50 bits per heavy atom. The zero-order chi connectivity index (χ0) is 10.0. The number of nitrogens with zero attached hydrogens (tertiary/aromatic N) is 1. The van der Waals surface area contributed by atoms with Crippen molar-refractivity contribution in [2.75, 3.05) is 13.1 Å². The van der Waals surface area contributed by atoms with Gasteiger partial charge in [0.15, 0.2) is 0 Å². The Kier molecular flexibility index (Phi) is 2.85. The number of nitrogens with two attached hydrogens (primary N) is 1. The van der Waals surface area contributed by atoms with Gasteiger partial charge in [-0.15, -0.1) is 11.3 Å². The van der Waals surface area contributed by atoms with E-state index in [-0.39, 0.29) is 5.54 Å². The molecule has 3 N–H and O–H groups in total. The van der Waals surface area contributed by atoms with E-state index in [1.807, 2.05) is 11.6 Å². The lowest BCUT2D eigenvalue weighted by Crippen LogP contribution is -2.37. The van der Waals surface area contributed by atoms with Gasteiger partial charge >= 0.3 is 0 Å². The highest BCUT2D eigenvalue weighted by Gasteiger charge is 2.37. The lowest BCUT2D eigenvalue weighted by Gasteiger charge is -2.13. The van der Waals surface area contributed by atoms with Gasteiger partial charge in [-0.3, -0.25) is 0 Å². The molecule has 1 aromatic rings. The molecule has 1 atom stereocenters. The maximum Gasteiger partial charge on any atom is 0.0965 e. The van der Waals surface area contributed by atoms with Crippen molar-refractivity contribution in [1.29, 1.82) is 0 Å². The molecule has 1 fully saturated rings. The van der Waals surface area contributed by atoms with Gasteiger partial charge in [0, 0.05) is 36.1 Å². The minimum atomic E-state index is 0.114. The van der Waals surface area contributed by atoms with Crippen LogP contribution in [-0.4, -0.2) is 23.6 Å². The highest BCUT2D eigenvalue weighted by Crippen LogP contribution is 2.31. The molecule has 78 valence electrons. The highest BCUT2D eigenvalue weighted by molar-refractivity contribution is 7.09. The monoisotopic (exact) mass is 211 g/mol. The summed E-state index contributed by atoms with van der Waals surface area (Å²) in [6, 6.07) is 0. The fourth-order valence-corrected chi connectivity index (χ4v) is 2.14. The summed E-state index contributed by atoms with van der Waals surface area (Å²) in [5.41, 5.74) is 6.09. The molecular formula is C10H17N3S. The largest absolute Gasteiger partial charge is 0.324 e. The Labute approximate surface area is 88.7 Å². The van der Waals surface area contributed by atoms with Crippen LogP contribution in [0.1, 0.15) is 30.7 Å². The summed E-state index contributed by atoms with van der Waals surface area (Å²) >= 11 is 1.72. The molecule has 0 spiro atoms. The third-order valence-electron chi connectivity index (χ3n) is 2.69. The van der Waals surface area contributed by atoms with Gasteiger partial charge in [-0.05, 0) is 12.8 Å². The number of rotatable bonds is 5. The SMILES string of the molecule is CC(CNCC1(N)CC1)c1nccs1. The van der Waals surface area contributed by atoms with Crippen molar-refractivity contribution in [2.24, 2.45) is 5.73 Å². The van der Waals surface area contributed by atoms with E-state index < -0.39 is 0 Å². The molecule has 0 aromatic carbocycles. The first kappa shape index (κ1) is 10.1. The Morgan fingerprint density at radius 1 is 1.71 bits per heavy atom. The third-order valence-corrected chi connectivity index (χ3v) is 3.70. The van der Waals surface area contributed by atoms with E-state index in [0.29, 0.717) is 5.92 Å². The van der Waals surface area contributed by atoms with Crippen LogP contribution in [0.5, 0.6) is 0 Å². The number of hydrogen-bond donors (Lipinski definition) is 2. The average molecular weight is 211 g/mol. The van der Waals surface area contributed by atoms with Gasteiger partial charge < -0.3 is 11.1 Å². The molecular weight excluding hydrogens is 194 g/mol. The normalized spacial score (nSPS) is 20.7. The molecule has 0 saturated heterocycles. The first-order valence-electron chi connectivity index (χ1n) is 5.09. The van der Waals surface area contributed by atoms with Gasteiger partial charge in [0.25, 0.3) is 0 Å². The van der Waals surface area contributed by atoms with Crippen molar-refractivity contribution in [1.82, 2.24) is 10.3 Å². The molecule has 0 aliphatic heterocycles. The minimum Gasteiger partial charge on any atom is -0.324 e. The van der Waals surface area contributed by atoms with Crippen molar-refractivity contribution < 1.29 is 0 Å². The fourth-order valence-electron chi connectivity index (χ4n) is 1.44. The second kappa shape index (κ2) is 3.96. The van der Waals surface area contributed by atoms with Crippen molar-refractivity contribution in [2.45, 2.75) is 31.2 Å². The molecule has 1 heterocycles. The predicted octanol–water partition coefficient (Wildman–Crippen LogP) is 1.33. The molecule has 4 heteroatoms. The van der Waals surface area contributed by atoms with Gasteiger partial charge in [-0.2, -0.15) is 0 Å². The molecule has 3 nitrogen and oxygen atoms in total. The maximum absolute atomic E-state index is 5.98. The molecule has 1 aromatic heterocycles. The Bertz CT molecular complexity index is 280. The number of hydrogen-bond acceptors (Lipinski definition) is 4. The molecule has 0 radical (unpaired) electrons. The van der Waals surface area contributed by atoms with Gasteiger partial charge in [0.05, 0.1) is 5.01 Å². The standard InChI is InChI=1S/C10H17N3S/c1-8(9-13-4-5-14-9)6-12-7-10(11)2-3-10/h4-5,8,12H,2-3,6-7,11H2,1H3. The zero-order valence-corrected chi connectivity index (χ0v) is 9.31. The van der Waals surface area contributed by atoms with Crippen LogP contribution < -0.4 is 11.1 Å². The molecule has 1 unspecified atom stereocenters. The molecule has 2 rings (SSSR count). The van der Waals surface area contributed by atoms with E-state index in [0.717, 1.165) is 13.1 Å². The summed E-state index contributed by atoms with van der Waals surface area (Å²) in [5, 5.41) is 6.65. The van der Waals surface area contributed by atoms with Crippen LogP contribution in [0.2, 0.25) is 0 Å². The van der Waals surface area contributed by atoms with E-state index in [9.17, 15) is 0 Å². The van der Waals surface area contributed by atoms with E-state index >= 15 is 0 Å². The zero-order valence-electron chi connectivity index (χ0n) is 8.49. The van der Waals surface area contributed by atoms with Crippen molar-refractivity contribution >= 4 is 11.3 Å². The molecule has 0 amide bonds. The highest BCUT2D eigenvalue weighted by atomic mass is 32.1. The van der Waals surface area contributed by atoms with Crippen LogP contribution in [-0.2, 0) is 0 Å². The summed E-state index contributed by atoms with van der Waals surface area (Å²) in [5.74, 6) is 0.498. The van der Waals surface area contributed by atoms with Gasteiger partial charge in [0.2, 0.25) is 0 Å². The molecule has 1 aliphatic rings. The van der Waals surface area contributed by atoms with Crippen molar-refractivity contribution in [3.05, 3.63) is 16.6 Å². The Hall–Kier alpha value is -0.450. The van der Waals surface area contributed by atoms with E-state index in [1.54, 1.807) is 11.3 Å². The van der Waals surface area contributed by atoms with Crippen LogP contribution >= 0.6 is 11.3 Å². The minimum absolute atomic E-state index is 0.114. The lowest BCUT2D eigenvalue weighted by molar-refractivity contribution is 0.541. The topological polar surface area (TPSA) is 50.9 Å². The first-order chi connectivity index (χ1) is 6.70. The van der Waals surface area contributed by atoms with Crippen LogP contribution in [0.4, 0.5) is 0 Å². The molecule has 1 aliphatic carbocycles. The van der Waals surface area contributed by atoms with E-state index in [4.69, 9.17) is 5.73 Å². The number of aromatic nitrogens is 1. The molecule has 0 bridgehead atoms. The van der Waals surface area contributed by atoms with Crippen molar-refractivity contribution in [3.63, 3.8) is 0 Å². The van der Waals surface area contributed by atoms with E-state index in [1.165, 1.54) is 17.8 Å². The predicted molar refractivity (Wildman–Crippen MR) is 59.6 cm³/mol. The van der Waals surface area contributed by atoms with Crippen LogP contribution in [0.15, 0.2) is 11.6 Å². The summed E-state index contributed by atoms with van der Waals surface area (Å²) in [4.78, 5) is 4.29. The van der Waals surface area contributed by atoms with Crippen molar-refractivity contribution in [3.8, 4) is 0 Å². The van der Waals surface area contributed by atoms with Gasteiger partial charge in [0.1, 0.15) is 0 Å². The Balaban J connectivity index is 1.70. The summed E-state index contributed by atoms with van der Waals surface area (Å²) < 4.78 is 0. The third kappa shape index (κ3) is 2.53. The quantitative estimate of drug-likeness (QED) is 0.772. The number of thiazole rings is 1. The smallest absolute Gasteiger partial charge is 0.0965 e. The summed E-state index contributed by atoms with van der Waals surface area (Å²) in [6.45, 7) is 4.12. The Morgan fingerprint density at radius 3 is 3.07 bits per heavy atom. The van der Waals surface area contributed by atoms with Crippen LogP contribution in [0.3, 0.4) is 0 Å². The maximum atomic E-state index is 5.98. The fraction of sp³-hybridized carbons (Fsp3) is 0.700. The number of nitrogens with one attached hydrogen (secondary N) is 1. The van der Waals surface area contributed by atoms with Crippen LogP contribution in [0, 0.1) is 0 Å². The lowest BCUT2D eigenvalue weighted by atomic mass is 10.2. The van der Waals surface area contributed by atoms with Crippen LogP contribution in [0.25, 0.3) is 0 Å². The first-order valence-corrected chi connectivity index (χ1v) is 5.97. The van der Waals surface area contributed by atoms with E-state index in [2.05, 4.69) is 17.2 Å². The second-order valence-corrected chi connectivity index (χ2v) is 5.19. The second-order valence-electron chi connectivity index (χ2n) is 4.26. The molecule has 1 saturated carbocycles. The molecule has 14 heavy (non-hydrogen) atoms.